The molecule has 4 rings (SSSR count). The molecule has 7 heteroatoms. The SMILES string of the molecule is Cn1cc(-c2cnn3ccc(C(N)c4cccnc4)nc23)cn1. The van der Waals surface area contributed by atoms with Crippen LogP contribution in [-0.4, -0.2) is 29.4 Å². The summed E-state index contributed by atoms with van der Waals surface area (Å²) in [5.74, 6) is 0. The predicted molar refractivity (Wildman–Crippen MR) is 85.5 cm³/mol. The summed E-state index contributed by atoms with van der Waals surface area (Å²) in [6.45, 7) is 0. The van der Waals surface area contributed by atoms with Crippen molar-refractivity contribution in [3.05, 3.63) is 66.6 Å². The Morgan fingerprint density at radius 2 is 2.04 bits per heavy atom. The first-order valence-electron chi connectivity index (χ1n) is 7.21. The molecule has 23 heavy (non-hydrogen) atoms. The predicted octanol–water partition coefficient (Wildman–Crippen LogP) is 1.57. The van der Waals surface area contributed by atoms with Gasteiger partial charge in [-0.05, 0) is 17.7 Å². The molecule has 0 saturated heterocycles. The molecular formula is C16H15N7. The number of aromatic nitrogens is 6. The summed E-state index contributed by atoms with van der Waals surface area (Å²) in [6.07, 6.45) is 10.9. The monoisotopic (exact) mass is 305 g/mol. The Hall–Kier alpha value is -3.06. The molecule has 0 aliphatic carbocycles. The van der Waals surface area contributed by atoms with Crippen molar-refractivity contribution >= 4 is 5.65 Å². The molecule has 4 heterocycles. The second-order valence-corrected chi connectivity index (χ2v) is 5.35. The molecule has 0 spiro atoms. The molecule has 0 amide bonds. The van der Waals surface area contributed by atoms with Crippen molar-refractivity contribution in [1.29, 1.82) is 0 Å². The van der Waals surface area contributed by atoms with Crippen LogP contribution in [0.4, 0.5) is 0 Å². The Kier molecular flexibility index (Phi) is 3.13. The topological polar surface area (TPSA) is 86.9 Å². The average molecular weight is 305 g/mol. The fraction of sp³-hybridized carbons (Fsp3) is 0.125. The summed E-state index contributed by atoms with van der Waals surface area (Å²) in [5, 5.41) is 8.54. The van der Waals surface area contributed by atoms with Gasteiger partial charge in [0.15, 0.2) is 5.65 Å². The number of nitrogens with zero attached hydrogens (tertiary/aromatic N) is 6. The van der Waals surface area contributed by atoms with E-state index in [1.807, 2.05) is 37.6 Å². The molecule has 2 N–H and O–H groups in total. The highest BCUT2D eigenvalue weighted by atomic mass is 15.3. The van der Waals surface area contributed by atoms with Gasteiger partial charge in [0.2, 0.25) is 0 Å². The molecule has 0 saturated carbocycles. The van der Waals surface area contributed by atoms with E-state index >= 15 is 0 Å². The number of rotatable bonds is 3. The maximum absolute atomic E-state index is 6.32. The lowest BCUT2D eigenvalue weighted by Gasteiger charge is -2.11. The van der Waals surface area contributed by atoms with Gasteiger partial charge in [-0.15, -0.1) is 0 Å². The fourth-order valence-electron chi connectivity index (χ4n) is 2.55. The normalized spacial score (nSPS) is 12.6. The zero-order valence-corrected chi connectivity index (χ0v) is 12.5. The van der Waals surface area contributed by atoms with Crippen LogP contribution in [0.1, 0.15) is 17.3 Å². The molecule has 7 nitrogen and oxygen atoms in total. The van der Waals surface area contributed by atoms with Crippen LogP contribution in [0.15, 0.2) is 55.4 Å². The van der Waals surface area contributed by atoms with Gasteiger partial charge >= 0.3 is 0 Å². The number of fused-ring (bicyclic) bond motifs is 1. The van der Waals surface area contributed by atoms with E-state index in [2.05, 4.69) is 15.2 Å². The second kappa shape index (κ2) is 5.29. The van der Waals surface area contributed by atoms with Gasteiger partial charge in [-0.25, -0.2) is 9.50 Å². The molecule has 114 valence electrons. The molecule has 0 bridgehead atoms. The minimum Gasteiger partial charge on any atom is -0.319 e. The van der Waals surface area contributed by atoms with Crippen LogP contribution < -0.4 is 5.73 Å². The molecule has 1 unspecified atom stereocenters. The Labute approximate surface area is 132 Å². The standard InChI is InChI=1S/C16H15N7/c1-22-10-12(8-19-22)13-9-20-23-6-4-14(21-16(13)23)15(17)11-3-2-5-18-7-11/h2-10,15H,17H2,1H3. The van der Waals surface area contributed by atoms with Gasteiger partial charge in [-0.3, -0.25) is 9.67 Å². The second-order valence-electron chi connectivity index (χ2n) is 5.35. The first-order chi connectivity index (χ1) is 11.2. The van der Waals surface area contributed by atoms with Crippen molar-refractivity contribution in [1.82, 2.24) is 29.4 Å². The van der Waals surface area contributed by atoms with Gasteiger partial charge in [-0.1, -0.05) is 6.07 Å². The molecule has 0 aliphatic rings. The molecule has 0 radical (unpaired) electrons. The smallest absolute Gasteiger partial charge is 0.163 e. The highest BCUT2D eigenvalue weighted by Crippen LogP contribution is 2.24. The largest absolute Gasteiger partial charge is 0.319 e. The van der Waals surface area contributed by atoms with Crippen molar-refractivity contribution in [2.45, 2.75) is 6.04 Å². The van der Waals surface area contributed by atoms with Crippen LogP contribution in [-0.2, 0) is 7.05 Å². The summed E-state index contributed by atoms with van der Waals surface area (Å²) < 4.78 is 3.49. The zero-order chi connectivity index (χ0) is 15.8. The summed E-state index contributed by atoms with van der Waals surface area (Å²) in [4.78, 5) is 8.82. The van der Waals surface area contributed by atoms with Crippen LogP contribution in [0.25, 0.3) is 16.8 Å². The summed E-state index contributed by atoms with van der Waals surface area (Å²) in [5.41, 5.74) is 10.7. The van der Waals surface area contributed by atoms with Crippen molar-refractivity contribution < 1.29 is 0 Å². The average Bonchev–Trinajstić information content (AvgIpc) is 3.20. The van der Waals surface area contributed by atoms with Crippen LogP contribution in [0.3, 0.4) is 0 Å². The molecule has 1 atom stereocenters. The number of hydrogen-bond donors (Lipinski definition) is 1. The molecule has 0 aromatic carbocycles. The first kappa shape index (κ1) is 13.6. The maximum Gasteiger partial charge on any atom is 0.163 e. The van der Waals surface area contributed by atoms with Gasteiger partial charge in [-0.2, -0.15) is 10.2 Å². The van der Waals surface area contributed by atoms with Gasteiger partial charge in [0.25, 0.3) is 0 Å². The van der Waals surface area contributed by atoms with Gasteiger partial charge in [0, 0.05) is 43.0 Å². The van der Waals surface area contributed by atoms with Crippen LogP contribution in [0, 0.1) is 0 Å². The highest BCUT2D eigenvalue weighted by molar-refractivity contribution is 5.76. The fourth-order valence-corrected chi connectivity index (χ4v) is 2.55. The molecule has 4 aromatic heterocycles. The Morgan fingerprint density at radius 3 is 2.78 bits per heavy atom. The number of pyridine rings is 1. The van der Waals surface area contributed by atoms with E-state index in [0.717, 1.165) is 28.0 Å². The molecule has 0 aliphatic heterocycles. The van der Waals surface area contributed by atoms with E-state index < -0.39 is 0 Å². The van der Waals surface area contributed by atoms with E-state index in [0.29, 0.717) is 0 Å². The van der Waals surface area contributed by atoms with E-state index in [9.17, 15) is 0 Å². The lowest BCUT2D eigenvalue weighted by Crippen LogP contribution is -2.14. The van der Waals surface area contributed by atoms with E-state index in [4.69, 9.17) is 10.7 Å². The third-order valence-electron chi connectivity index (χ3n) is 3.77. The van der Waals surface area contributed by atoms with Crippen molar-refractivity contribution in [2.75, 3.05) is 0 Å². The quantitative estimate of drug-likeness (QED) is 0.621. The van der Waals surface area contributed by atoms with E-state index in [-0.39, 0.29) is 6.04 Å². The summed E-state index contributed by atoms with van der Waals surface area (Å²) in [6, 6.07) is 5.37. The Bertz CT molecular complexity index is 955. The van der Waals surface area contributed by atoms with E-state index in [1.165, 1.54) is 0 Å². The molecule has 0 fully saturated rings. The van der Waals surface area contributed by atoms with Crippen molar-refractivity contribution in [3.63, 3.8) is 0 Å². The Morgan fingerprint density at radius 1 is 1.13 bits per heavy atom. The number of nitrogens with two attached hydrogens (primary N) is 1. The van der Waals surface area contributed by atoms with Crippen LogP contribution >= 0.6 is 0 Å². The first-order valence-corrected chi connectivity index (χ1v) is 7.21. The van der Waals surface area contributed by atoms with Crippen LogP contribution in [0.5, 0.6) is 0 Å². The third-order valence-corrected chi connectivity index (χ3v) is 3.77. The minimum atomic E-state index is -0.328. The maximum atomic E-state index is 6.32. The molecule has 4 aromatic rings. The van der Waals surface area contributed by atoms with Gasteiger partial charge in [0.1, 0.15) is 0 Å². The van der Waals surface area contributed by atoms with Gasteiger partial charge in [0.05, 0.1) is 24.1 Å². The van der Waals surface area contributed by atoms with E-state index in [1.54, 1.807) is 34.0 Å². The summed E-state index contributed by atoms with van der Waals surface area (Å²) >= 11 is 0. The lowest BCUT2D eigenvalue weighted by molar-refractivity contribution is 0.768. The summed E-state index contributed by atoms with van der Waals surface area (Å²) in [7, 11) is 1.88. The van der Waals surface area contributed by atoms with Crippen molar-refractivity contribution in [3.8, 4) is 11.1 Å². The number of aryl methyl sites for hydroxylation is 1. The third kappa shape index (κ3) is 2.36. The van der Waals surface area contributed by atoms with Gasteiger partial charge < -0.3 is 5.73 Å². The number of hydrogen-bond acceptors (Lipinski definition) is 5. The molecular weight excluding hydrogens is 290 g/mol. The Balaban J connectivity index is 1.81. The minimum absolute atomic E-state index is 0.328. The lowest BCUT2D eigenvalue weighted by atomic mass is 10.1. The zero-order valence-electron chi connectivity index (χ0n) is 12.5. The van der Waals surface area contributed by atoms with Crippen molar-refractivity contribution in [2.24, 2.45) is 12.8 Å². The van der Waals surface area contributed by atoms with Crippen LogP contribution in [0.2, 0.25) is 0 Å². The highest BCUT2D eigenvalue weighted by Gasteiger charge is 2.15.